The number of rotatable bonds is 6. The molecule has 0 fully saturated rings. The van der Waals surface area contributed by atoms with Crippen LogP contribution in [-0.2, 0) is 16.1 Å². The molecule has 0 atom stereocenters. The summed E-state index contributed by atoms with van der Waals surface area (Å²) < 4.78 is 14.8. The monoisotopic (exact) mass is 339 g/mol. The molecule has 0 aliphatic heterocycles. The first-order chi connectivity index (χ1) is 12.0. The number of nitrogens with zero attached hydrogens (tertiary/aromatic N) is 1. The van der Waals surface area contributed by atoms with Gasteiger partial charge in [0.25, 0.3) is 0 Å². The van der Waals surface area contributed by atoms with Crippen LogP contribution < -0.4 is 0 Å². The maximum atomic E-state index is 13.1. The molecule has 2 aromatic carbocycles. The maximum Gasteiger partial charge on any atom is 0.372 e. The Morgan fingerprint density at radius 1 is 1.00 bits per heavy atom. The summed E-state index contributed by atoms with van der Waals surface area (Å²) in [4.78, 5) is 34.5. The van der Waals surface area contributed by atoms with Gasteiger partial charge in [-0.3, -0.25) is 9.59 Å². The first-order valence-electron chi connectivity index (χ1n) is 7.58. The number of carbonyl (C=O) groups is 3. The van der Waals surface area contributed by atoms with E-state index in [1.807, 2.05) is 24.3 Å². The molecule has 0 spiro atoms. The van der Waals surface area contributed by atoms with E-state index < -0.39 is 24.0 Å². The van der Waals surface area contributed by atoms with Gasteiger partial charge in [-0.25, -0.2) is 9.18 Å². The first-order valence-corrected chi connectivity index (χ1v) is 7.58. The Bertz CT molecular complexity index is 973. The molecule has 0 aliphatic carbocycles. The average Bonchev–Trinajstić information content (AvgIpc) is 2.95. The van der Waals surface area contributed by atoms with E-state index in [1.165, 1.54) is 12.1 Å². The van der Waals surface area contributed by atoms with Crippen molar-refractivity contribution in [1.29, 1.82) is 0 Å². The number of halogens is 1. The molecule has 5 nitrogen and oxygen atoms in total. The highest BCUT2D eigenvalue weighted by atomic mass is 19.1. The second kappa shape index (κ2) is 6.68. The first kappa shape index (κ1) is 16.6. The van der Waals surface area contributed by atoms with Crippen LogP contribution in [0.3, 0.4) is 0 Å². The van der Waals surface area contributed by atoms with Crippen molar-refractivity contribution in [2.24, 2.45) is 0 Å². The topological polar surface area (TPSA) is 76.4 Å². The highest BCUT2D eigenvalue weighted by Crippen LogP contribution is 2.22. The minimum atomic E-state index is -1.63. The molecule has 0 unspecified atom stereocenters. The predicted octanol–water partition coefficient (Wildman–Crippen LogP) is 3.06. The fraction of sp³-hybridized carbons (Fsp3) is 0.105. The molecule has 0 radical (unpaired) electrons. The van der Waals surface area contributed by atoms with E-state index in [1.54, 1.807) is 22.8 Å². The molecule has 25 heavy (non-hydrogen) atoms. The number of Topliss-reactive ketones (excluding diaryl/α,β-unsaturated/α-hetero) is 2. The van der Waals surface area contributed by atoms with Crippen LogP contribution in [-0.4, -0.2) is 27.2 Å². The summed E-state index contributed by atoms with van der Waals surface area (Å²) in [5.74, 6) is -3.70. The maximum absolute atomic E-state index is 13.1. The molecule has 0 saturated carbocycles. The Morgan fingerprint density at radius 2 is 1.68 bits per heavy atom. The van der Waals surface area contributed by atoms with Gasteiger partial charge < -0.3 is 9.67 Å². The van der Waals surface area contributed by atoms with Gasteiger partial charge in [0.05, 0.1) is 12.1 Å². The number of ketones is 2. The van der Waals surface area contributed by atoms with E-state index in [-0.39, 0.29) is 11.5 Å². The number of carboxylic acid groups (broad SMARTS) is 1. The molecule has 0 aliphatic rings. The minimum absolute atomic E-state index is 0.250. The molecule has 6 heteroatoms. The third-order valence-electron chi connectivity index (χ3n) is 3.91. The Balaban J connectivity index is 2.02. The van der Waals surface area contributed by atoms with Gasteiger partial charge in [-0.15, -0.1) is 0 Å². The molecule has 1 N–H and O–H groups in total. The van der Waals surface area contributed by atoms with Crippen molar-refractivity contribution in [2.45, 2.75) is 13.0 Å². The van der Waals surface area contributed by atoms with Crippen LogP contribution in [0.25, 0.3) is 10.9 Å². The number of carboxylic acids is 1. The number of para-hydroxylation sites is 1. The number of hydrogen-bond donors (Lipinski definition) is 1. The number of carbonyl (C=O) groups excluding carboxylic acids is 2. The van der Waals surface area contributed by atoms with E-state index in [4.69, 9.17) is 5.11 Å². The van der Waals surface area contributed by atoms with Gasteiger partial charge in [-0.05, 0) is 29.8 Å². The molecule has 0 amide bonds. The van der Waals surface area contributed by atoms with Crippen LogP contribution in [0.5, 0.6) is 0 Å². The number of aromatic nitrogens is 1. The minimum Gasteiger partial charge on any atom is -0.475 e. The third kappa shape index (κ3) is 3.47. The highest BCUT2D eigenvalue weighted by molar-refractivity contribution is 6.37. The van der Waals surface area contributed by atoms with Crippen LogP contribution in [0.15, 0.2) is 54.6 Å². The summed E-state index contributed by atoms with van der Waals surface area (Å²) >= 11 is 0. The summed E-state index contributed by atoms with van der Waals surface area (Å²) in [5, 5.41) is 9.51. The summed E-state index contributed by atoms with van der Waals surface area (Å²) in [5.41, 5.74) is 1.81. The van der Waals surface area contributed by atoms with Crippen LogP contribution in [0.2, 0.25) is 0 Å². The normalized spacial score (nSPS) is 10.8. The zero-order valence-corrected chi connectivity index (χ0v) is 13.1. The van der Waals surface area contributed by atoms with Crippen LogP contribution in [0, 0.1) is 5.82 Å². The molecule has 1 heterocycles. The van der Waals surface area contributed by atoms with Gasteiger partial charge in [0.2, 0.25) is 5.78 Å². The lowest BCUT2D eigenvalue weighted by Gasteiger charge is -2.10. The smallest absolute Gasteiger partial charge is 0.372 e. The second-order valence-electron chi connectivity index (χ2n) is 5.63. The lowest BCUT2D eigenvalue weighted by atomic mass is 10.1. The molecule has 0 saturated heterocycles. The molecular weight excluding hydrogens is 325 g/mol. The lowest BCUT2D eigenvalue weighted by molar-refractivity contribution is -0.148. The molecule has 1 aromatic heterocycles. The van der Waals surface area contributed by atoms with Crippen LogP contribution in [0.4, 0.5) is 4.39 Å². The second-order valence-corrected chi connectivity index (χ2v) is 5.63. The van der Waals surface area contributed by atoms with E-state index in [2.05, 4.69) is 0 Å². The fourth-order valence-corrected chi connectivity index (χ4v) is 2.70. The van der Waals surface area contributed by atoms with Crippen molar-refractivity contribution in [3.63, 3.8) is 0 Å². The number of benzene rings is 2. The van der Waals surface area contributed by atoms with E-state index in [0.29, 0.717) is 6.54 Å². The summed E-state index contributed by atoms with van der Waals surface area (Å²) in [6.07, 6.45) is -0.699. The number of aliphatic carboxylic acids is 1. The molecule has 126 valence electrons. The molecule has 3 rings (SSSR count). The zero-order chi connectivity index (χ0) is 18.0. The Labute approximate surface area is 142 Å². The number of hydrogen-bond acceptors (Lipinski definition) is 3. The van der Waals surface area contributed by atoms with E-state index >= 15 is 0 Å². The van der Waals surface area contributed by atoms with Crippen molar-refractivity contribution in [3.8, 4) is 0 Å². The Hall–Kier alpha value is -3.28. The zero-order valence-electron chi connectivity index (χ0n) is 13.1. The van der Waals surface area contributed by atoms with Crippen molar-refractivity contribution in [1.82, 2.24) is 4.57 Å². The van der Waals surface area contributed by atoms with E-state index in [0.717, 1.165) is 16.5 Å². The van der Waals surface area contributed by atoms with E-state index in [9.17, 15) is 18.8 Å². The standard InChI is InChI=1S/C19H14FNO4/c20-14-7-5-12(6-8-14)11-21-15-4-2-1-3-13(15)9-16(21)17(22)10-18(23)19(24)25/h1-9H,10-11H2,(H,24,25). The highest BCUT2D eigenvalue weighted by Gasteiger charge is 2.21. The molecule has 0 bridgehead atoms. The van der Waals surface area contributed by atoms with Crippen molar-refractivity contribution in [3.05, 3.63) is 71.7 Å². The predicted molar refractivity (Wildman–Crippen MR) is 89.0 cm³/mol. The number of fused-ring (bicyclic) bond motifs is 1. The Morgan fingerprint density at radius 3 is 2.36 bits per heavy atom. The van der Waals surface area contributed by atoms with Crippen molar-refractivity contribution >= 4 is 28.4 Å². The van der Waals surface area contributed by atoms with Gasteiger partial charge >= 0.3 is 5.97 Å². The largest absolute Gasteiger partial charge is 0.475 e. The lowest BCUT2D eigenvalue weighted by Crippen LogP contribution is -2.19. The quantitative estimate of drug-likeness (QED) is 0.425. The SMILES string of the molecule is O=C(O)C(=O)CC(=O)c1cc2ccccc2n1Cc1ccc(F)cc1. The third-order valence-corrected chi connectivity index (χ3v) is 3.91. The molecule has 3 aromatic rings. The summed E-state index contributed by atoms with van der Waals surface area (Å²) in [7, 11) is 0. The Kier molecular flexibility index (Phi) is 4.43. The van der Waals surface area contributed by atoms with Crippen molar-refractivity contribution < 1.29 is 23.9 Å². The van der Waals surface area contributed by atoms with Gasteiger partial charge in [-0.2, -0.15) is 0 Å². The van der Waals surface area contributed by atoms with Crippen LogP contribution >= 0.6 is 0 Å². The molecular formula is C19H14FNO4. The van der Waals surface area contributed by atoms with Crippen LogP contribution in [0.1, 0.15) is 22.5 Å². The van der Waals surface area contributed by atoms with Gasteiger partial charge in [-0.1, -0.05) is 30.3 Å². The summed E-state index contributed by atoms with van der Waals surface area (Å²) in [6.45, 7) is 0.302. The van der Waals surface area contributed by atoms with Crippen molar-refractivity contribution in [2.75, 3.05) is 0 Å². The summed E-state index contributed by atoms with van der Waals surface area (Å²) in [6, 6.07) is 14.8. The van der Waals surface area contributed by atoms with Gasteiger partial charge in [0, 0.05) is 17.4 Å². The van der Waals surface area contributed by atoms with Gasteiger partial charge in [0.1, 0.15) is 5.82 Å². The fourth-order valence-electron chi connectivity index (χ4n) is 2.70. The average molecular weight is 339 g/mol. The van der Waals surface area contributed by atoms with Gasteiger partial charge in [0.15, 0.2) is 5.78 Å².